The van der Waals surface area contributed by atoms with E-state index in [1.165, 1.54) is 25.6 Å². The first kappa shape index (κ1) is 15.0. The second kappa shape index (κ2) is 6.88. The monoisotopic (exact) mass is 290 g/mol. The van der Waals surface area contributed by atoms with Crippen molar-refractivity contribution in [1.29, 1.82) is 0 Å². The lowest BCUT2D eigenvalue weighted by Gasteiger charge is -2.15. The molecule has 0 spiro atoms. The van der Waals surface area contributed by atoms with Crippen molar-refractivity contribution in [2.24, 2.45) is 0 Å². The summed E-state index contributed by atoms with van der Waals surface area (Å²) in [6, 6.07) is 4.34. The van der Waals surface area contributed by atoms with Gasteiger partial charge in [0.05, 0.1) is 12.8 Å². The SMILES string of the molecule is CCCc1c(NC)ncnc1Nc1ccc(F)cc1OC. The molecule has 0 unspecified atom stereocenters. The van der Waals surface area contributed by atoms with Crippen LogP contribution in [0.3, 0.4) is 0 Å². The highest BCUT2D eigenvalue weighted by Crippen LogP contribution is 2.30. The molecule has 1 heterocycles. The largest absolute Gasteiger partial charge is 0.494 e. The van der Waals surface area contributed by atoms with E-state index >= 15 is 0 Å². The van der Waals surface area contributed by atoms with Gasteiger partial charge in [0, 0.05) is 18.7 Å². The zero-order chi connectivity index (χ0) is 15.2. The van der Waals surface area contributed by atoms with Gasteiger partial charge in [-0.25, -0.2) is 14.4 Å². The lowest BCUT2D eigenvalue weighted by atomic mass is 10.1. The van der Waals surface area contributed by atoms with Gasteiger partial charge in [-0.2, -0.15) is 0 Å². The zero-order valence-corrected chi connectivity index (χ0v) is 12.4. The fraction of sp³-hybridized carbons (Fsp3) is 0.333. The number of ether oxygens (including phenoxy) is 1. The van der Waals surface area contributed by atoms with Crippen LogP contribution < -0.4 is 15.4 Å². The average molecular weight is 290 g/mol. The molecule has 1 aromatic heterocycles. The zero-order valence-electron chi connectivity index (χ0n) is 12.4. The van der Waals surface area contributed by atoms with Gasteiger partial charge in [0.2, 0.25) is 0 Å². The third-order valence-corrected chi connectivity index (χ3v) is 3.10. The molecule has 0 aliphatic carbocycles. The van der Waals surface area contributed by atoms with Gasteiger partial charge in [0.15, 0.2) is 0 Å². The summed E-state index contributed by atoms with van der Waals surface area (Å²) in [5, 5.41) is 6.26. The first-order valence-corrected chi connectivity index (χ1v) is 6.81. The van der Waals surface area contributed by atoms with Crippen molar-refractivity contribution in [3.63, 3.8) is 0 Å². The molecule has 0 aliphatic rings. The van der Waals surface area contributed by atoms with Crippen LogP contribution >= 0.6 is 0 Å². The number of halogens is 1. The van der Waals surface area contributed by atoms with Gasteiger partial charge in [-0.15, -0.1) is 0 Å². The number of rotatable bonds is 6. The van der Waals surface area contributed by atoms with Crippen molar-refractivity contribution in [2.45, 2.75) is 19.8 Å². The summed E-state index contributed by atoms with van der Waals surface area (Å²) in [5.74, 6) is 1.57. The molecule has 21 heavy (non-hydrogen) atoms. The van der Waals surface area contributed by atoms with Gasteiger partial charge < -0.3 is 15.4 Å². The molecule has 0 bridgehead atoms. The number of anilines is 3. The van der Waals surface area contributed by atoms with Crippen LogP contribution in [-0.4, -0.2) is 24.1 Å². The summed E-state index contributed by atoms with van der Waals surface area (Å²) >= 11 is 0. The molecule has 2 aromatic rings. The number of methoxy groups -OCH3 is 1. The van der Waals surface area contributed by atoms with E-state index in [9.17, 15) is 4.39 Å². The van der Waals surface area contributed by atoms with E-state index in [0.717, 1.165) is 24.2 Å². The molecule has 0 radical (unpaired) electrons. The molecule has 6 heteroatoms. The van der Waals surface area contributed by atoms with E-state index in [4.69, 9.17) is 4.74 Å². The Balaban J connectivity index is 2.39. The molecule has 5 nitrogen and oxygen atoms in total. The molecule has 2 N–H and O–H groups in total. The van der Waals surface area contributed by atoms with Crippen LogP contribution in [0.2, 0.25) is 0 Å². The van der Waals surface area contributed by atoms with Gasteiger partial charge in [-0.1, -0.05) is 13.3 Å². The molecule has 0 atom stereocenters. The minimum absolute atomic E-state index is 0.343. The Morgan fingerprint density at radius 2 is 2.00 bits per heavy atom. The molecule has 0 amide bonds. The summed E-state index contributed by atoms with van der Waals surface area (Å²) in [4.78, 5) is 8.51. The minimum Gasteiger partial charge on any atom is -0.494 e. The third-order valence-electron chi connectivity index (χ3n) is 3.10. The Morgan fingerprint density at radius 3 is 2.67 bits per heavy atom. The van der Waals surface area contributed by atoms with E-state index in [1.54, 1.807) is 6.07 Å². The normalized spacial score (nSPS) is 10.3. The van der Waals surface area contributed by atoms with Crippen LogP contribution in [0.4, 0.5) is 21.7 Å². The Kier molecular flexibility index (Phi) is 4.92. The highest BCUT2D eigenvalue weighted by Gasteiger charge is 2.12. The quantitative estimate of drug-likeness (QED) is 0.854. The van der Waals surface area contributed by atoms with Crippen molar-refractivity contribution in [1.82, 2.24) is 9.97 Å². The topological polar surface area (TPSA) is 59.1 Å². The number of hydrogen-bond acceptors (Lipinski definition) is 5. The molecular weight excluding hydrogens is 271 g/mol. The molecule has 2 rings (SSSR count). The van der Waals surface area contributed by atoms with Gasteiger partial charge in [-0.3, -0.25) is 0 Å². The highest BCUT2D eigenvalue weighted by atomic mass is 19.1. The summed E-state index contributed by atoms with van der Waals surface area (Å²) in [7, 11) is 3.33. The molecule has 1 aromatic carbocycles. The van der Waals surface area contributed by atoms with Crippen molar-refractivity contribution in [2.75, 3.05) is 24.8 Å². The standard InChI is InChI=1S/C15H19FN4O/c1-4-5-11-14(17-2)18-9-19-15(11)20-12-7-6-10(16)8-13(12)21-3/h6-9H,4-5H2,1-3H3,(H2,17,18,19,20). The lowest BCUT2D eigenvalue weighted by molar-refractivity contribution is 0.413. The second-order valence-corrected chi connectivity index (χ2v) is 4.52. The number of nitrogens with zero attached hydrogens (tertiary/aromatic N) is 2. The predicted molar refractivity (Wildman–Crippen MR) is 81.8 cm³/mol. The van der Waals surface area contributed by atoms with E-state index in [2.05, 4.69) is 27.5 Å². The van der Waals surface area contributed by atoms with Gasteiger partial charge in [-0.05, 0) is 18.6 Å². The van der Waals surface area contributed by atoms with Crippen LogP contribution in [0.5, 0.6) is 5.75 Å². The van der Waals surface area contributed by atoms with E-state index in [1.807, 2.05) is 7.05 Å². The average Bonchev–Trinajstić information content (AvgIpc) is 2.50. The molecule has 0 saturated carbocycles. The number of hydrogen-bond donors (Lipinski definition) is 2. The van der Waals surface area contributed by atoms with Crippen LogP contribution in [0, 0.1) is 5.82 Å². The van der Waals surface area contributed by atoms with Crippen LogP contribution in [0.1, 0.15) is 18.9 Å². The van der Waals surface area contributed by atoms with E-state index in [0.29, 0.717) is 17.3 Å². The van der Waals surface area contributed by atoms with Crippen molar-refractivity contribution in [3.05, 3.63) is 35.9 Å². The molecule has 0 saturated heterocycles. The van der Waals surface area contributed by atoms with Crippen molar-refractivity contribution in [3.8, 4) is 5.75 Å². The molecule has 0 fully saturated rings. The number of nitrogens with one attached hydrogen (secondary N) is 2. The summed E-state index contributed by atoms with van der Waals surface area (Å²) in [6.07, 6.45) is 3.30. The van der Waals surface area contributed by atoms with Crippen molar-refractivity contribution >= 4 is 17.3 Å². The first-order valence-electron chi connectivity index (χ1n) is 6.81. The summed E-state index contributed by atoms with van der Waals surface area (Å²) < 4.78 is 18.4. The minimum atomic E-state index is -0.343. The van der Waals surface area contributed by atoms with E-state index in [-0.39, 0.29) is 5.82 Å². The third kappa shape index (κ3) is 3.39. The molecular formula is C15H19FN4O. The Labute approximate surface area is 123 Å². The maximum Gasteiger partial charge on any atom is 0.145 e. The number of benzene rings is 1. The maximum atomic E-state index is 13.2. The van der Waals surface area contributed by atoms with Crippen LogP contribution in [0.25, 0.3) is 0 Å². The maximum absolute atomic E-state index is 13.2. The van der Waals surface area contributed by atoms with Crippen molar-refractivity contribution < 1.29 is 9.13 Å². The second-order valence-electron chi connectivity index (χ2n) is 4.52. The summed E-state index contributed by atoms with van der Waals surface area (Å²) in [6.45, 7) is 2.09. The van der Waals surface area contributed by atoms with Gasteiger partial charge in [0.1, 0.15) is 29.5 Å². The molecule has 0 aliphatic heterocycles. The number of aromatic nitrogens is 2. The lowest BCUT2D eigenvalue weighted by Crippen LogP contribution is -2.06. The van der Waals surface area contributed by atoms with Crippen LogP contribution in [0.15, 0.2) is 24.5 Å². The summed E-state index contributed by atoms with van der Waals surface area (Å²) in [5.41, 5.74) is 1.66. The van der Waals surface area contributed by atoms with Crippen LogP contribution in [-0.2, 0) is 6.42 Å². The highest BCUT2D eigenvalue weighted by molar-refractivity contribution is 5.69. The Morgan fingerprint density at radius 1 is 1.24 bits per heavy atom. The smallest absolute Gasteiger partial charge is 0.145 e. The van der Waals surface area contributed by atoms with Gasteiger partial charge >= 0.3 is 0 Å². The van der Waals surface area contributed by atoms with Gasteiger partial charge in [0.25, 0.3) is 0 Å². The first-order chi connectivity index (χ1) is 10.2. The van der Waals surface area contributed by atoms with E-state index < -0.39 is 0 Å². The fourth-order valence-electron chi connectivity index (χ4n) is 2.12. The Bertz CT molecular complexity index is 619. The Hall–Kier alpha value is -2.37. The fourth-order valence-corrected chi connectivity index (χ4v) is 2.12. The predicted octanol–water partition coefficient (Wildman–Crippen LogP) is 3.36. The molecule has 112 valence electrons.